The van der Waals surface area contributed by atoms with Crippen LogP contribution in [0.2, 0.25) is 10.0 Å². The lowest BCUT2D eigenvalue weighted by Crippen LogP contribution is -2.40. The van der Waals surface area contributed by atoms with Gasteiger partial charge in [0.05, 0.1) is 21.4 Å². The summed E-state index contributed by atoms with van der Waals surface area (Å²) in [6, 6.07) is 9.24. The summed E-state index contributed by atoms with van der Waals surface area (Å²) < 4.78 is 5.35. The van der Waals surface area contributed by atoms with E-state index in [1.54, 1.807) is 24.5 Å². The minimum Gasteiger partial charge on any atom is -0.444 e. The maximum absolute atomic E-state index is 12.1. The highest BCUT2D eigenvalue weighted by atomic mass is 35.5. The average molecular weight is 461 g/mol. The van der Waals surface area contributed by atoms with E-state index in [1.165, 1.54) is 0 Å². The van der Waals surface area contributed by atoms with Gasteiger partial charge in [0.15, 0.2) is 0 Å². The number of aromatic nitrogens is 3. The Morgan fingerprint density at radius 2 is 1.71 bits per heavy atom. The second-order valence-electron chi connectivity index (χ2n) is 8.91. The van der Waals surface area contributed by atoms with Crippen LogP contribution in [0.5, 0.6) is 0 Å². The van der Waals surface area contributed by atoms with Gasteiger partial charge in [-0.1, -0.05) is 43.1 Å². The molecular weight excluding hydrogens is 435 g/mol. The number of hydrogen-bond donors (Lipinski definition) is 2. The third-order valence-electron chi connectivity index (χ3n) is 4.58. The molecule has 0 atom stereocenters. The van der Waals surface area contributed by atoms with Crippen LogP contribution in [0.15, 0.2) is 42.7 Å². The Balaban J connectivity index is 1.96. The summed E-state index contributed by atoms with van der Waals surface area (Å²) in [5.74, 6) is 0.719. The number of amides is 1. The van der Waals surface area contributed by atoms with Gasteiger partial charge in [0.1, 0.15) is 11.4 Å². The predicted octanol–water partition coefficient (Wildman–Crippen LogP) is 6.25. The number of carbonyl (C=O) groups excluding carboxylic acids is 1. The van der Waals surface area contributed by atoms with E-state index < -0.39 is 17.1 Å². The molecule has 1 aromatic carbocycles. The number of ether oxygens (including phenoxy) is 1. The first-order chi connectivity index (χ1) is 14.5. The zero-order valence-electron chi connectivity index (χ0n) is 18.2. The fourth-order valence-corrected chi connectivity index (χ4v) is 3.26. The van der Waals surface area contributed by atoms with Crippen LogP contribution in [0.25, 0.3) is 22.5 Å². The number of alkyl carbamates (subject to hydrolysis) is 1. The van der Waals surface area contributed by atoms with Crippen molar-refractivity contribution in [3.05, 3.63) is 58.6 Å². The number of nitrogens with one attached hydrogen (secondary N) is 2. The van der Waals surface area contributed by atoms with E-state index in [0.717, 1.165) is 28.3 Å². The van der Waals surface area contributed by atoms with Crippen LogP contribution in [0.4, 0.5) is 4.79 Å². The number of imidazole rings is 1. The van der Waals surface area contributed by atoms with Gasteiger partial charge in [-0.2, -0.15) is 0 Å². The van der Waals surface area contributed by atoms with Gasteiger partial charge in [0.25, 0.3) is 0 Å². The molecule has 3 rings (SSSR count). The molecular formula is C23H26Cl2N4O2. The van der Waals surface area contributed by atoms with E-state index in [0.29, 0.717) is 16.6 Å². The Kier molecular flexibility index (Phi) is 6.62. The van der Waals surface area contributed by atoms with Gasteiger partial charge in [-0.05, 0) is 45.0 Å². The maximum Gasteiger partial charge on any atom is 0.407 e. The van der Waals surface area contributed by atoms with Crippen LogP contribution in [0.1, 0.15) is 40.4 Å². The number of H-pyrrole nitrogens is 1. The second-order valence-corrected chi connectivity index (χ2v) is 9.73. The third kappa shape index (κ3) is 5.77. The largest absolute Gasteiger partial charge is 0.444 e. The monoisotopic (exact) mass is 460 g/mol. The topological polar surface area (TPSA) is 79.9 Å². The number of rotatable bonds is 5. The molecule has 6 nitrogen and oxygen atoms in total. The molecule has 0 aliphatic heterocycles. The van der Waals surface area contributed by atoms with Gasteiger partial charge >= 0.3 is 6.09 Å². The molecule has 1 amide bonds. The van der Waals surface area contributed by atoms with Crippen molar-refractivity contribution in [1.29, 1.82) is 0 Å². The highest BCUT2D eigenvalue weighted by Crippen LogP contribution is 2.35. The van der Waals surface area contributed by atoms with E-state index in [-0.39, 0.29) is 0 Å². The number of benzene rings is 1. The zero-order valence-corrected chi connectivity index (χ0v) is 19.7. The lowest BCUT2D eigenvalue weighted by molar-refractivity contribution is 0.0516. The van der Waals surface area contributed by atoms with Crippen molar-refractivity contribution in [3.8, 4) is 22.5 Å². The Hall–Kier alpha value is -2.57. The molecule has 0 aliphatic carbocycles. The number of pyridine rings is 1. The Morgan fingerprint density at radius 1 is 1.03 bits per heavy atom. The smallest absolute Gasteiger partial charge is 0.407 e. The van der Waals surface area contributed by atoms with Gasteiger partial charge in [-0.25, -0.2) is 9.78 Å². The summed E-state index contributed by atoms with van der Waals surface area (Å²) in [4.78, 5) is 24.5. The van der Waals surface area contributed by atoms with Crippen molar-refractivity contribution in [2.45, 2.75) is 45.6 Å². The van der Waals surface area contributed by atoms with E-state index in [1.807, 2.05) is 52.8 Å². The summed E-state index contributed by atoms with van der Waals surface area (Å²) >= 11 is 12.4. The molecule has 3 aromatic rings. The third-order valence-corrected chi connectivity index (χ3v) is 5.32. The number of nitrogens with zero attached hydrogens (tertiary/aromatic N) is 2. The van der Waals surface area contributed by atoms with Gasteiger partial charge in [0, 0.05) is 35.5 Å². The van der Waals surface area contributed by atoms with E-state index >= 15 is 0 Å². The zero-order chi connectivity index (χ0) is 22.8. The van der Waals surface area contributed by atoms with Crippen molar-refractivity contribution >= 4 is 29.3 Å². The van der Waals surface area contributed by atoms with Gasteiger partial charge in [0.2, 0.25) is 0 Å². The fourth-order valence-electron chi connectivity index (χ4n) is 2.96. The van der Waals surface area contributed by atoms with Gasteiger partial charge < -0.3 is 15.0 Å². The first-order valence-corrected chi connectivity index (χ1v) is 10.6. The predicted molar refractivity (Wildman–Crippen MR) is 125 cm³/mol. The summed E-state index contributed by atoms with van der Waals surface area (Å²) in [6.07, 6.45) is 2.99. The molecule has 0 aliphatic rings. The van der Waals surface area contributed by atoms with E-state index in [9.17, 15) is 4.79 Å². The number of hydrogen-bond acceptors (Lipinski definition) is 4. The first kappa shape index (κ1) is 23.1. The molecule has 0 saturated heterocycles. The summed E-state index contributed by atoms with van der Waals surface area (Å²) in [6.45, 7) is 9.82. The van der Waals surface area contributed by atoms with Gasteiger partial charge in [-0.3, -0.25) is 4.98 Å². The minimum absolute atomic E-state index is 0.339. The highest BCUT2D eigenvalue weighted by molar-refractivity contribution is 6.42. The molecule has 2 N–H and O–H groups in total. The normalized spacial score (nSPS) is 12.0. The van der Waals surface area contributed by atoms with Crippen molar-refractivity contribution in [2.75, 3.05) is 6.54 Å². The Morgan fingerprint density at radius 3 is 2.32 bits per heavy atom. The van der Waals surface area contributed by atoms with Crippen LogP contribution in [0, 0.1) is 0 Å². The van der Waals surface area contributed by atoms with Crippen molar-refractivity contribution in [3.63, 3.8) is 0 Å². The molecule has 0 spiro atoms. The minimum atomic E-state index is -0.561. The van der Waals surface area contributed by atoms with Crippen LogP contribution in [-0.2, 0) is 10.2 Å². The second kappa shape index (κ2) is 8.89. The lowest BCUT2D eigenvalue weighted by atomic mass is 9.92. The summed E-state index contributed by atoms with van der Waals surface area (Å²) in [5, 5.41) is 3.77. The van der Waals surface area contributed by atoms with Crippen molar-refractivity contribution in [2.24, 2.45) is 0 Å². The van der Waals surface area contributed by atoms with Crippen LogP contribution in [0.3, 0.4) is 0 Å². The first-order valence-electron chi connectivity index (χ1n) is 9.89. The molecule has 164 valence electrons. The molecule has 0 fully saturated rings. The van der Waals surface area contributed by atoms with Crippen LogP contribution in [-0.4, -0.2) is 33.2 Å². The Labute approximate surface area is 192 Å². The molecule has 2 aromatic heterocycles. The van der Waals surface area contributed by atoms with E-state index in [2.05, 4.69) is 15.3 Å². The standard InChI is InChI=1S/C23H26Cl2N4O2/c1-22(2,3)31-21(30)27-13-23(4,5)20-28-18(14-8-10-26-11-9-14)19(29-20)15-6-7-16(24)17(25)12-15/h6-12H,13H2,1-5H3,(H,27,30)(H,28,29). The lowest BCUT2D eigenvalue weighted by Gasteiger charge is -2.25. The molecule has 0 saturated carbocycles. The Bertz CT molecular complexity index is 1070. The summed E-state index contributed by atoms with van der Waals surface area (Å²) in [7, 11) is 0. The number of halogens is 2. The van der Waals surface area contributed by atoms with E-state index in [4.69, 9.17) is 32.9 Å². The molecule has 0 bridgehead atoms. The van der Waals surface area contributed by atoms with Crippen LogP contribution >= 0.6 is 23.2 Å². The maximum atomic E-state index is 12.1. The van der Waals surface area contributed by atoms with Gasteiger partial charge in [-0.15, -0.1) is 0 Å². The molecule has 31 heavy (non-hydrogen) atoms. The molecule has 0 unspecified atom stereocenters. The average Bonchev–Trinajstić information content (AvgIpc) is 3.14. The quantitative estimate of drug-likeness (QED) is 0.471. The SMILES string of the molecule is CC(C)(C)OC(=O)NCC(C)(C)c1nc(-c2ccc(Cl)c(Cl)c2)c(-c2ccncc2)[nH]1. The molecule has 8 heteroatoms. The van der Waals surface area contributed by atoms with Crippen molar-refractivity contribution in [1.82, 2.24) is 20.3 Å². The molecule has 2 heterocycles. The summed E-state index contributed by atoms with van der Waals surface area (Å²) in [5.41, 5.74) is 2.29. The van der Waals surface area contributed by atoms with Crippen LogP contribution < -0.4 is 5.32 Å². The molecule has 0 radical (unpaired) electrons. The van der Waals surface area contributed by atoms with Crippen molar-refractivity contribution < 1.29 is 9.53 Å². The fraction of sp³-hybridized carbons (Fsp3) is 0.348. The number of carbonyl (C=O) groups is 1. The number of aromatic amines is 1. The highest BCUT2D eigenvalue weighted by Gasteiger charge is 2.28.